The van der Waals surface area contributed by atoms with Crippen molar-refractivity contribution in [1.29, 1.82) is 0 Å². The second kappa shape index (κ2) is 3.37. The second-order valence-corrected chi connectivity index (χ2v) is 4.02. The maximum atomic E-state index is 5.72. The molecule has 1 aromatic heterocycles. The van der Waals surface area contributed by atoms with Crippen molar-refractivity contribution in [2.75, 3.05) is 20.3 Å². The number of hydrogen-bond donors (Lipinski definition) is 0. The van der Waals surface area contributed by atoms with Gasteiger partial charge in [0.05, 0.1) is 25.7 Å². The van der Waals surface area contributed by atoms with Crippen LogP contribution in [0.25, 0.3) is 0 Å². The van der Waals surface area contributed by atoms with Crippen molar-refractivity contribution in [3.05, 3.63) is 16.9 Å². The lowest BCUT2D eigenvalue weighted by molar-refractivity contribution is -0.0534. The normalized spacial score (nSPS) is 18.8. The highest BCUT2D eigenvalue weighted by molar-refractivity contribution is 6.29. The smallest absolute Gasteiger partial charge is 0.155 e. The zero-order chi connectivity index (χ0) is 10.2. The maximum Gasteiger partial charge on any atom is 0.155 e. The molecule has 0 aromatic carbocycles. The Bertz CT molecular complexity index is 353. The van der Waals surface area contributed by atoms with Crippen LogP contribution in [-0.2, 0) is 10.2 Å². The first-order valence-corrected chi connectivity index (χ1v) is 4.69. The summed E-state index contributed by atoms with van der Waals surface area (Å²) in [6.45, 7) is 3.37. The third-order valence-corrected chi connectivity index (χ3v) is 2.55. The van der Waals surface area contributed by atoms with Gasteiger partial charge in [0, 0.05) is 6.07 Å². The van der Waals surface area contributed by atoms with Gasteiger partial charge < -0.3 is 9.47 Å². The van der Waals surface area contributed by atoms with E-state index in [1.807, 2.05) is 0 Å². The third kappa shape index (κ3) is 1.44. The van der Waals surface area contributed by atoms with E-state index in [1.165, 1.54) is 0 Å². The molecule has 0 unspecified atom stereocenters. The monoisotopic (exact) mass is 214 g/mol. The molecule has 0 spiro atoms. The number of halogens is 1. The van der Waals surface area contributed by atoms with E-state index in [2.05, 4.69) is 17.1 Å². The largest absolute Gasteiger partial charge is 0.495 e. The Kier molecular flexibility index (Phi) is 2.33. The van der Waals surface area contributed by atoms with E-state index in [9.17, 15) is 0 Å². The van der Waals surface area contributed by atoms with Crippen LogP contribution in [-0.4, -0.2) is 30.5 Å². The van der Waals surface area contributed by atoms with Crippen LogP contribution in [0.4, 0.5) is 0 Å². The predicted octanol–water partition coefficient (Wildman–Crippen LogP) is 1.43. The number of methoxy groups -OCH3 is 1. The van der Waals surface area contributed by atoms with Crippen molar-refractivity contribution in [2.45, 2.75) is 12.3 Å². The Hall–Kier alpha value is -0.870. The fourth-order valence-electron chi connectivity index (χ4n) is 1.47. The zero-order valence-corrected chi connectivity index (χ0v) is 8.84. The van der Waals surface area contributed by atoms with Crippen molar-refractivity contribution >= 4 is 11.6 Å². The summed E-state index contributed by atoms with van der Waals surface area (Å²) < 4.78 is 10.4. The minimum atomic E-state index is -0.0804. The average molecular weight is 215 g/mol. The summed E-state index contributed by atoms with van der Waals surface area (Å²) in [5.74, 6) is 0.677. The summed E-state index contributed by atoms with van der Waals surface area (Å²) in [7, 11) is 1.60. The van der Waals surface area contributed by atoms with Gasteiger partial charge >= 0.3 is 0 Å². The number of rotatable bonds is 2. The molecule has 0 amide bonds. The Morgan fingerprint density at radius 2 is 2.21 bits per heavy atom. The van der Waals surface area contributed by atoms with Crippen LogP contribution >= 0.6 is 11.6 Å². The molecule has 0 N–H and O–H groups in total. The van der Waals surface area contributed by atoms with Gasteiger partial charge in [-0.1, -0.05) is 11.6 Å². The van der Waals surface area contributed by atoms with Gasteiger partial charge in [-0.15, -0.1) is 10.2 Å². The second-order valence-electron chi connectivity index (χ2n) is 3.64. The average Bonchev–Trinajstić information content (AvgIpc) is 2.14. The van der Waals surface area contributed by atoms with E-state index in [4.69, 9.17) is 21.1 Å². The minimum absolute atomic E-state index is 0.0804. The minimum Gasteiger partial charge on any atom is -0.495 e. The molecule has 1 aromatic rings. The van der Waals surface area contributed by atoms with E-state index in [0.29, 0.717) is 24.1 Å². The van der Waals surface area contributed by atoms with Gasteiger partial charge in [-0.3, -0.25) is 0 Å². The lowest BCUT2D eigenvalue weighted by Gasteiger charge is -2.37. The number of nitrogens with zero attached hydrogens (tertiary/aromatic N) is 2. The highest BCUT2D eigenvalue weighted by atomic mass is 35.5. The van der Waals surface area contributed by atoms with Crippen LogP contribution in [0.1, 0.15) is 12.6 Å². The summed E-state index contributed by atoms with van der Waals surface area (Å²) in [5, 5.41) is 8.21. The van der Waals surface area contributed by atoms with E-state index in [1.54, 1.807) is 13.2 Å². The van der Waals surface area contributed by atoms with Gasteiger partial charge in [-0.05, 0) is 6.92 Å². The van der Waals surface area contributed by atoms with E-state index in [0.717, 1.165) is 5.69 Å². The summed E-state index contributed by atoms with van der Waals surface area (Å²) in [6, 6.07) is 1.67. The topological polar surface area (TPSA) is 44.2 Å². The number of hydrogen-bond acceptors (Lipinski definition) is 4. The van der Waals surface area contributed by atoms with Gasteiger partial charge in [0.15, 0.2) is 5.15 Å². The first-order valence-electron chi connectivity index (χ1n) is 4.31. The molecule has 0 aliphatic carbocycles. The van der Waals surface area contributed by atoms with Crippen molar-refractivity contribution in [3.8, 4) is 5.75 Å². The Balaban J connectivity index is 2.41. The molecule has 14 heavy (non-hydrogen) atoms. The highest BCUT2D eigenvalue weighted by Gasteiger charge is 2.39. The molecule has 5 heteroatoms. The quantitative estimate of drug-likeness (QED) is 0.747. The maximum absolute atomic E-state index is 5.72. The molecule has 1 saturated heterocycles. The summed E-state index contributed by atoms with van der Waals surface area (Å²) >= 11 is 5.72. The summed E-state index contributed by atoms with van der Waals surface area (Å²) in [5.41, 5.74) is 0.735. The highest BCUT2D eigenvalue weighted by Crippen LogP contribution is 2.36. The molecule has 2 heterocycles. The molecule has 0 saturated carbocycles. The lowest BCUT2D eigenvalue weighted by atomic mass is 9.84. The van der Waals surface area contributed by atoms with Crippen molar-refractivity contribution in [2.24, 2.45) is 0 Å². The van der Waals surface area contributed by atoms with E-state index >= 15 is 0 Å². The first-order chi connectivity index (χ1) is 6.65. The van der Waals surface area contributed by atoms with E-state index < -0.39 is 0 Å². The molecule has 1 aliphatic rings. The Morgan fingerprint density at radius 1 is 1.50 bits per heavy atom. The standard InChI is InChI=1S/C9H11ClN2O2/c1-9(4-14-5-9)8-6(13-2)3-7(10)11-12-8/h3H,4-5H2,1-2H3. The van der Waals surface area contributed by atoms with E-state index in [-0.39, 0.29) is 5.41 Å². The fraction of sp³-hybridized carbons (Fsp3) is 0.556. The van der Waals surface area contributed by atoms with Gasteiger partial charge in [0.2, 0.25) is 0 Å². The van der Waals surface area contributed by atoms with Gasteiger partial charge in [0.25, 0.3) is 0 Å². The summed E-state index contributed by atoms with van der Waals surface area (Å²) in [6.07, 6.45) is 0. The molecule has 1 fully saturated rings. The number of ether oxygens (including phenoxy) is 2. The lowest BCUT2D eigenvalue weighted by Crippen LogP contribution is -2.44. The molecule has 76 valence electrons. The predicted molar refractivity (Wildman–Crippen MR) is 51.8 cm³/mol. The van der Waals surface area contributed by atoms with Gasteiger partial charge in [-0.25, -0.2) is 0 Å². The molecular weight excluding hydrogens is 204 g/mol. The molecule has 2 rings (SSSR count). The summed E-state index contributed by atoms with van der Waals surface area (Å²) in [4.78, 5) is 0. The molecule has 1 aliphatic heterocycles. The Labute approximate surface area is 87.2 Å². The SMILES string of the molecule is COc1cc(Cl)nnc1C1(C)COC1. The van der Waals surface area contributed by atoms with Crippen LogP contribution < -0.4 is 4.74 Å². The van der Waals surface area contributed by atoms with Crippen LogP contribution in [0.3, 0.4) is 0 Å². The zero-order valence-electron chi connectivity index (χ0n) is 8.08. The first kappa shape index (κ1) is 9.68. The van der Waals surface area contributed by atoms with Crippen LogP contribution in [0.2, 0.25) is 5.15 Å². The third-order valence-electron chi connectivity index (χ3n) is 2.36. The van der Waals surface area contributed by atoms with Gasteiger partial charge in [0.1, 0.15) is 11.4 Å². The van der Waals surface area contributed by atoms with Crippen molar-refractivity contribution in [3.63, 3.8) is 0 Å². The molecule has 0 radical (unpaired) electrons. The van der Waals surface area contributed by atoms with Gasteiger partial charge in [-0.2, -0.15) is 0 Å². The van der Waals surface area contributed by atoms with Crippen LogP contribution in [0.5, 0.6) is 5.75 Å². The number of aromatic nitrogens is 2. The molecule has 0 bridgehead atoms. The molecular formula is C9H11ClN2O2. The van der Waals surface area contributed by atoms with Crippen molar-refractivity contribution in [1.82, 2.24) is 10.2 Å². The fourth-order valence-corrected chi connectivity index (χ4v) is 1.61. The molecule has 0 atom stereocenters. The van der Waals surface area contributed by atoms with Crippen LogP contribution in [0.15, 0.2) is 6.07 Å². The molecule has 4 nitrogen and oxygen atoms in total. The van der Waals surface area contributed by atoms with Crippen molar-refractivity contribution < 1.29 is 9.47 Å². The van der Waals surface area contributed by atoms with Crippen LogP contribution in [0, 0.1) is 0 Å². The Morgan fingerprint density at radius 3 is 2.71 bits per heavy atom.